The number of nitrogens with zero attached hydrogens (tertiary/aromatic N) is 2. The number of amides is 1. The zero-order valence-corrected chi connectivity index (χ0v) is 14.6. The smallest absolute Gasteiger partial charge is 0.248 e. The Hall–Kier alpha value is -3.36. The molecule has 0 radical (unpaired) electrons. The summed E-state index contributed by atoms with van der Waals surface area (Å²) in [6, 6.07) is 15.7. The van der Waals surface area contributed by atoms with Crippen molar-refractivity contribution in [2.75, 3.05) is 0 Å². The minimum Gasteiger partial charge on any atom is -0.457 e. The van der Waals surface area contributed by atoms with Crippen LogP contribution < -0.4 is 10.5 Å². The molecule has 1 amide bonds. The van der Waals surface area contributed by atoms with Crippen LogP contribution in [0, 0.1) is 18.3 Å². The first-order valence-electron chi connectivity index (χ1n) is 7.72. The van der Waals surface area contributed by atoms with Gasteiger partial charge >= 0.3 is 0 Å². The van der Waals surface area contributed by atoms with E-state index in [1.54, 1.807) is 48.7 Å². The first-order valence-corrected chi connectivity index (χ1v) is 8.10. The molecule has 26 heavy (non-hydrogen) atoms. The molecule has 1 aromatic heterocycles. The van der Waals surface area contributed by atoms with Crippen LogP contribution in [0.3, 0.4) is 0 Å². The maximum Gasteiger partial charge on any atom is 0.248 e. The third-order valence-electron chi connectivity index (χ3n) is 3.82. The van der Waals surface area contributed by atoms with Crippen molar-refractivity contribution in [2.24, 2.45) is 5.73 Å². The molecule has 2 aromatic carbocycles. The van der Waals surface area contributed by atoms with Crippen molar-refractivity contribution >= 4 is 17.5 Å². The zero-order chi connectivity index (χ0) is 18.7. The van der Waals surface area contributed by atoms with Crippen LogP contribution in [-0.2, 0) is 0 Å². The Labute approximate surface area is 155 Å². The summed E-state index contributed by atoms with van der Waals surface area (Å²) < 4.78 is 5.81. The first kappa shape index (κ1) is 17.5. The Bertz CT molecular complexity index is 1040. The normalized spacial score (nSPS) is 10.2. The average molecular weight is 364 g/mol. The Kier molecular flexibility index (Phi) is 4.87. The van der Waals surface area contributed by atoms with E-state index in [-0.39, 0.29) is 0 Å². The number of pyridine rings is 1. The van der Waals surface area contributed by atoms with Gasteiger partial charge in [-0.3, -0.25) is 9.78 Å². The zero-order valence-electron chi connectivity index (χ0n) is 13.9. The first-order chi connectivity index (χ1) is 12.5. The van der Waals surface area contributed by atoms with Gasteiger partial charge in [0.1, 0.15) is 17.6 Å². The summed E-state index contributed by atoms with van der Waals surface area (Å²) in [5.41, 5.74) is 8.53. The number of aromatic nitrogens is 1. The summed E-state index contributed by atoms with van der Waals surface area (Å²) >= 11 is 6.03. The molecule has 0 saturated heterocycles. The number of carbonyl (C=O) groups excluding carboxylic acids is 1. The van der Waals surface area contributed by atoms with Crippen LogP contribution in [0.15, 0.2) is 54.7 Å². The summed E-state index contributed by atoms with van der Waals surface area (Å²) in [6.07, 6.45) is 1.63. The van der Waals surface area contributed by atoms with Gasteiger partial charge in [-0.05, 0) is 42.8 Å². The molecule has 3 rings (SSSR count). The van der Waals surface area contributed by atoms with Crippen molar-refractivity contribution in [3.63, 3.8) is 0 Å². The van der Waals surface area contributed by atoms with E-state index >= 15 is 0 Å². The molecule has 5 nitrogen and oxygen atoms in total. The highest BCUT2D eigenvalue weighted by Crippen LogP contribution is 2.29. The number of ether oxygens (including phenoxy) is 1. The van der Waals surface area contributed by atoms with Gasteiger partial charge < -0.3 is 10.5 Å². The highest BCUT2D eigenvalue weighted by Gasteiger charge is 2.09. The SMILES string of the molecule is Cc1cc(-c2cc(Oc3ccc(C#N)c(Cl)c3)ccn2)ccc1C(N)=O. The Balaban J connectivity index is 1.89. The van der Waals surface area contributed by atoms with Gasteiger partial charge in [0, 0.05) is 29.5 Å². The molecule has 0 aliphatic carbocycles. The molecule has 2 N–H and O–H groups in total. The quantitative estimate of drug-likeness (QED) is 0.740. The number of nitrogens with two attached hydrogens (primary N) is 1. The Morgan fingerprint density at radius 1 is 1.15 bits per heavy atom. The highest BCUT2D eigenvalue weighted by atomic mass is 35.5. The molecule has 0 aliphatic heterocycles. The van der Waals surface area contributed by atoms with Gasteiger partial charge in [-0.25, -0.2) is 0 Å². The monoisotopic (exact) mass is 363 g/mol. The third kappa shape index (κ3) is 3.66. The number of primary amides is 1. The summed E-state index contributed by atoms with van der Waals surface area (Å²) in [5.74, 6) is 0.635. The number of hydrogen-bond donors (Lipinski definition) is 1. The van der Waals surface area contributed by atoms with E-state index in [2.05, 4.69) is 4.98 Å². The summed E-state index contributed by atoms with van der Waals surface area (Å²) in [5, 5.41) is 9.26. The van der Waals surface area contributed by atoms with Crippen LogP contribution in [-0.4, -0.2) is 10.9 Å². The van der Waals surface area contributed by atoms with Crippen LogP contribution in [0.25, 0.3) is 11.3 Å². The van der Waals surface area contributed by atoms with E-state index in [9.17, 15) is 4.79 Å². The fourth-order valence-corrected chi connectivity index (χ4v) is 2.73. The van der Waals surface area contributed by atoms with Gasteiger partial charge in [-0.1, -0.05) is 17.7 Å². The van der Waals surface area contributed by atoms with Crippen molar-refractivity contribution in [2.45, 2.75) is 6.92 Å². The van der Waals surface area contributed by atoms with E-state index in [0.717, 1.165) is 11.1 Å². The van der Waals surface area contributed by atoms with Gasteiger partial charge in [0.2, 0.25) is 5.91 Å². The number of aryl methyl sites for hydroxylation is 1. The minimum atomic E-state index is -0.461. The second-order valence-corrected chi connectivity index (χ2v) is 6.03. The van der Waals surface area contributed by atoms with E-state index < -0.39 is 5.91 Å². The average Bonchev–Trinajstić information content (AvgIpc) is 2.62. The van der Waals surface area contributed by atoms with Crippen LogP contribution in [0.2, 0.25) is 5.02 Å². The second kappa shape index (κ2) is 7.26. The van der Waals surface area contributed by atoms with Gasteiger partial charge in [-0.2, -0.15) is 5.26 Å². The lowest BCUT2D eigenvalue weighted by molar-refractivity contribution is 0.0999. The summed E-state index contributed by atoms with van der Waals surface area (Å²) in [4.78, 5) is 15.7. The van der Waals surface area contributed by atoms with E-state index in [1.165, 1.54) is 0 Å². The highest BCUT2D eigenvalue weighted by molar-refractivity contribution is 6.31. The van der Waals surface area contributed by atoms with Crippen LogP contribution in [0.4, 0.5) is 0 Å². The van der Waals surface area contributed by atoms with Gasteiger partial charge in [0.15, 0.2) is 0 Å². The number of carbonyl (C=O) groups is 1. The maximum absolute atomic E-state index is 11.4. The molecule has 128 valence electrons. The molecule has 3 aromatic rings. The van der Waals surface area contributed by atoms with Gasteiger partial charge in [-0.15, -0.1) is 0 Å². The lowest BCUT2D eigenvalue weighted by atomic mass is 10.0. The third-order valence-corrected chi connectivity index (χ3v) is 4.13. The van der Waals surface area contributed by atoms with Crippen molar-refractivity contribution in [3.05, 3.63) is 76.4 Å². The number of rotatable bonds is 4. The van der Waals surface area contributed by atoms with Gasteiger partial charge in [0.05, 0.1) is 16.3 Å². The predicted octanol–water partition coefficient (Wildman–Crippen LogP) is 4.47. The van der Waals surface area contributed by atoms with E-state index in [0.29, 0.717) is 33.3 Å². The van der Waals surface area contributed by atoms with E-state index in [4.69, 9.17) is 27.3 Å². The Morgan fingerprint density at radius 3 is 2.58 bits per heavy atom. The van der Waals surface area contributed by atoms with Crippen molar-refractivity contribution in [1.29, 1.82) is 5.26 Å². The fraction of sp³-hybridized carbons (Fsp3) is 0.0500. The largest absolute Gasteiger partial charge is 0.457 e. The number of hydrogen-bond acceptors (Lipinski definition) is 4. The predicted molar refractivity (Wildman–Crippen MR) is 99.2 cm³/mol. The lowest BCUT2D eigenvalue weighted by Crippen LogP contribution is -2.12. The molecular weight excluding hydrogens is 350 g/mol. The van der Waals surface area contributed by atoms with Crippen molar-refractivity contribution in [3.8, 4) is 28.8 Å². The number of nitriles is 1. The summed E-state index contributed by atoms with van der Waals surface area (Å²) in [6.45, 7) is 1.82. The topological polar surface area (TPSA) is 89.0 Å². The Morgan fingerprint density at radius 2 is 1.92 bits per heavy atom. The minimum absolute atomic E-state index is 0.331. The molecule has 0 fully saturated rings. The van der Waals surface area contributed by atoms with Gasteiger partial charge in [0.25, 0.3) is 0 Å². The van der Waals surface area contributed by atoms with E-state index in [1.807, 2.05) is 19.1 Å². The number of halogens is 1. The molecular formula is C20H14ClN3O2. The molecule has 0 saturated carbocycles. The van der Waals surface area contributed by atoms with Crippen LogP contribution >= 0.6 is 11.6 Å². The van der Waals surface area contributed by atoms with Crippen molar-refractivity contribution in [1.82, 2.24) is 4.98 Å². The molecule has 0 unspecified atom stereocenters. The van der Waals surface area contributed by atoms with Crippen molar-refractivity contribution < 1.29 is 9.53 Å². The summed E-state index contributed by atoms with van der Waals surface area (Å²) in [7, 11) is 0. The molecule has 0 aliphatic rings. The molecule has 1 heterocycles. The van der Waals surface area contributed by atoms with Crippen LogP contribution in [0.5, 0.6) is 11.5 Å². The molecule has 6 heteroatoms. The number of benzene rings is 2. The molecule has 0 atom stereocenters. The van der Waals surface area contributed by atoms with Crippen LogP contribution in [0.1, 0.15) is 21.5 Å². The second-order valence-electron chi connectivity index (χ2n) is 5.63. The molecule has 0 spiro atoms. The standard InChI is InChI=1S/C20H14ClN3O2/c1-12-8-13(3-5-17(12)20(23)25)19-10-16(6-7-24-19)26-15-4-2-14(11-22)18(21)9-15/h2-10H,1H3,(H2,23,25). The maximum atomic E-state index is 11.4. The molecule has 0 bridgehead atoms. The lowest BCUT2D eigenvalue weighted by Gasteiger charge is -2.09. The fourth-order valence-electron chi connectivity index (χ4n) is 2.52.